The number of nitrogens with zero attached hydrogens (tertiary/aromatic N) is 3. The van der Waals surface area contributed by atoms with E-state index in [1.165, 1.54) is 6.20 Å². The third-order valence-electron chi connectivity index (χ3n) is 4.04. The monoisotopic (exact) mass is 531 g/mol. The van der Waals surface area contributed by atoms with E-state index in [-0.39, 0.29) is 62.5 Å². The summed E-state index contributed by atoms with van der Waals surface area (Å²) in [4.78, 5) is 0. The summed E-state index contributed by atoms with van der Waals surface area (Å²) in [6, 6.07) is 26.0. The van der Waals surface area contributed by atoms with Gasteiger partial charge in [-0.3, -0.25) is 0 Å². The summed E-state index contributed by atoms with van der Waals surface area (Å²) in [5, 5.41) is 30.0. The van der Waals surface area contributed by atoms with E-state index >= 15 is 0 Å². The van der Waals surface area contributed by atoms with Crippen molar-refractivity contribution in [1.82, 2.24) is 15.4 Å². The minimum Gasteiger partial charge on any atom is -0.534 e. The first-order valence-electron chi connectivity index (χ1n) is 8.76. The van der Waals surface area contributed by atoms with Gasteiger partial charge in [0, 0.05) is 11.5 Å². The van der Waals surface area contributed by atoms with Gasteiger partial charge < -0.3 is 10.2 Å². The Morgan fingerprint density at radius 2 is 1.23 bits per heavy atom. The zero-order chi connectivity index (χ0) is 19.6. The number of phenolic OH excluding ortho intramolecular Hbond substituents is 2. The van der Waals surface area contributed by atoms with Gasteiger partial charge in [0.2, 0.25) is 0 Å². The van der Waals surface area contributed by atoms with Crippen LogP contribution >= 0.6 is 24.8 Å². The molecule has 0 saturated heterocycles. The maximum Gasteiger partial charge on any atom is 2.00 e. The van der Waals surface area contributed by atoms with Crippen molar-refractivity contribution in [1.29, 1.82) is 0 Å². The molecule has 5 nitrogen and oxygen atoms in total. The molecule has 0 amide bonds. The van der Waals surface area contributed by atoms with E-state index < -0.39 is 0 Å². The first-order chi connectivity index (χ1) is 13.7. The van der Waals surface area contributed by atoms with Gasteiger partial charge in [0.25, 0.3) is 0 Å². The largest absolute Gasteiger partial charge is 2.00 e. The van der Waals surface area contributed by atoms with Crippen LogP contribution in [0.5, 0.6) is 11.5 Å². The Bertz CT molecular complexity index is 906. The molecular formula is C23H21Cl2N3O2Zr. The van der Waals surface area contributed by atoms with Crippen LogP contribution in [-0.4, -0.2) is 25.6 Å². The number of hydrogen-bond acceptors (Lipinski definition) is 5. The van der Waals surface area contributed by atoms with Gasteiger partial charge in [-0.25, -0.2) is 10.2 Å². The molecule has 0 aliphatic heterocycles. The van der Waals surface area contributed by atoms with E-state index in [1.54, 1.807) is 6.07 Å². The Labute approximate surface area is 213 Å². The van der Waals surface area contributed by atoms with Gasteiger partial charge in [0.05, 0.1) is 0 Å². The summed E-state index contributed by atoms with van der Waals surface area (Å²) in [7, 11) is 0. The fourth-order valence-corrected chi connectivity index (χ4v) is 2.70. The van der Waals surface area contributed by atoms with Crippen molar-refractivity contribution in [3.05, 3.63) is 114 Å². The molecule has 0 saturated carbocycles. The standard InChI is InChI=1S/C20H17O2.C3H2N3.2ClH.Zr/c21-19-14-20(22)18(12-16-9-5-2-6-10-16)13-17(19)11-15-7-3-1-4-8-15;1-2-4-6-5-3-1;;;/h1-10,13,21-22H,11-12H2;1-2H;2*1H;/q2*-1;;;+2. The first-order valence-corrected chi connectivity index (χ1v) is 8.76. The van der Waals surface area contributed by atoms with Crippen LogP contribution in [0.3, 0.4) is 0 Å². The van der Waals surface area contributed by atoms with Gasteiger partial charge >= 0.3 is 26.2 Å². The predicted octanol–water partition coefficient (Wildman–Crippen LogP) is 4.59. The van der Waals surface area contributed by atoms with Crippen molar-refractivity contribution in [2.24, 2.45) is 0 Å². The Hall–Kier alpha value is -2.27. The summed E-state index contributed by atoms with van der Waals surface area (Å²) in [5.41, 5.74) is 3.77. The summed E-state index contributed by atoms with van der Waals surface area (Å²) in [6.07, 6.45) is 5.22. The van der Waals surface area contributed by atoms with E-state index in [4.69, 9.17) is 0 Å². The van der Waals surface area contributed by atoms with Gasteiger partial charge in [-0.05, 0) is 12.8 Å². The molecule has 158 valence electrons. The first kappa shape index (κ1) is 28.7. The molecule has 0 aliphatic carbocycles. The SMILES string of the molecule is Cl.Cl.Oc1[c-]c(O)c(Cc2ccccc2)cc1Cc1ccccc1.[Zr+2].[c-]1ccnnn1. The number of aromatic hydroxyl groups is 2. The van der Waals surface area contributed by atoms with E-state index in [0.29, 0.717) is 12.8 Å². The average Bonchev–Trinajstić information content (AvgIpc) is 2.75. The number of phenols is 2. The molecule has 0 radical (unpaired) electrons. The number of rotatable bonds is 4. The maximum absolute atomic E-state index is 10.0. The van der Waals surface area contributed by atoms with Crippen molar-refractivity contribution in [2.45, 2.75) is 12.8 Å². The molecule has 4 aromatic rings. The normalized spacial score (nSPS) is 9.03. The van der Waals surface area contributed by atoms with Crippen LogP contribution in [0, 0.1) is 12.3 Å². The number of aromatic nitrogens is 3. The summed E-state index contributed by atoms with van der Waals surface area (Å²) in [5.74, 6) is 0.0244. The second kappa shape index (κ2) is 15.5. The minimum atomic E-state index is 0. The molecule has 1 aromatic heterocycles. The average molecular weight is 534 g/mol. The van der Waals surface area contributed by atoms with Crippen molar-refractivity contribution in [2.75, 3.05) is 0 Å². The van der Waals surface area contributed by atoms with Crippen LogP contribution in [0.1, 0.15) is 22.3 Å². The molecule has 1 heterocycles. The van der Waals surface area contributed by atoms with Crippen LogP contribution in [-0.2, 0) is 39.0 Å². The molecule has 2 N–H and O–H groups in total. The zero-order valence-electron chi connectivity index (χ0n) is 16.5. The van der Waals surface area contributed by atoms with Crippen LogP contribution < -0.4 is 0 Å². The molecule has 0 atom stereocenters. The number of hydrogen-bond donors (Lipinski definition) is 2. The second-order valence-electron chi connectivity index (χ2n) is 6.09. The molecule has 0 fully saturated rings. The topological polar surface area (TPSA) is 79.1 Å². The minimum absolute atomic E-state index is 0. The molecule has 31 heavy (non-hydrogen) atoms. The number of benzene rings is 3. The van der Waals surface area contributed by atoms with Crippen LogP contribution in [0.15, 0.2) is 79.0 Å². The third-order valence-corrected chi connectivity index (χ3v) is 4.04. The van der Waals surface area contributed by atoms with E-state index in [2.05, 4.69) is 27.7 Å². The summed E-state index contributed by atoms with van der Waals surface area (Å²) in [6.45, 7) is 0. The zero-order valence-corrected chi connectivity index (χ0v) is 20.6. The maximum atomic E-state index is 10.0. The Balaban J connectivity index is 0.000000872. The summed E-state index contributed by atoms with van der Waals surface area (Å²) < 4.78 is 0. The van der Waals surface area contributed by atoms with Gasteiger partial charge in [-0.15, -0.1) is 42.1 Å². The molecular weight excluding hydrogens is 512 g/mol. The number of halogens is 2. The van der Waals surface area contributed by atoms with Gasteiger partial charge in [-0.2, -0.15) is 12.1 Å². The molecule has 0 unspecified atom stereocenters. The second-order valence-corrected chi connectivity index (χ2v) is 6.09. The van der Waals surface area contributed by atoms with Gasteiger partial charge in [0.1, 0.15) is 0 Å². The van der Waals surface area contributed by atoms with E-state index in [0.717, 1.165) is 22.3 Å². The van der Waals surface area contributed by atoms with Gasteiger partial charge in [-0.1, -0.05) is 89.3 Å². The van der Waals surface area contributed by atoms with Crippen LogP contribution in [0.4, 0.5) is 0 Å². The molecule has 4 rings (SSSR count). The molecule has 8 heteroatoms. The Morgan fingerprint density at radius 3 is 1.55 bits per heavy atom. The van der Waals surface area contributed by atoms with Crippen molar-refractivity contribution in [3.8, 4) is 11.5 Å². The Kier molecular flexibility index (Phi) is 14.4. The van der Waals surface area contributed by atoms with Crippen LogP contribution in [0.2, 0.25) is 0 Å². The van der Waals surface area contributed by atoms with Crippen molar-refractivity contribution in [3.63, 3.8) is 0 Å². The predicted molar refractivity (Wildman–Crippen MR) is 120 cm³/mol. The molecule has 0 aliphatic rings. The molecule has 0 spiro atoms. The van der Waals surface area contributed by atoms with E-state index in [1.807, 2.05) is 66.7 Å². The fraction of sp³-hybridized carbons (Fsp3) is 0.0870. The summed E-state index contributed by atoms with van der Waals surface area (Å²) >= 11 is 0. The third kappa shape index (κ3) is 9.60. The van der Waals surface area contributed by atoms with Gasteiger partial charge in [0.15, 0.2) is 0 Å². The molecule has 3 aromatic carbocycles. The van der Waals surface area contributed by atoms with Crippen molar-refractivity contribution >= 4 is 24.8 Å². The Morgan fingerprint density at radius 1 is 0.742 bits per heavy atom. The molecule has 0 bridgehead atoms. The van der Waals surface area contributed by atoms with Crippen LogP contribution in [0.25, 0.3) is 0 Å². The quantitative estimate of drug-likeness (QED) is 0.375. The van der Waals surface area contributed by atoms with Crippen molar-refractivity contribution < 1.29 is 36.4 Å². The fourth-order valence-electron chi connectivity index (χ4n) is 2.70. The smallest absolute Gasteiger partial charge is 0.534 e. The van der Waals surface area contributed by atoms with E-state index in [9.17, 15) is 10.2 Å².